The molecule has 0 spiro atoms. The van der Waals surface area contributed by atoms with Crippen LogP contribution in [0.5, 0.6) is 5.88 Å². The Morgan fingerprint density at radius 1 is 1.31 bits per heavy atom. The van der Waals surface area contributed by atoms with Gasteiger partial charge in [-0.2, -0.15) is 4.37 Å². The van der Waals surface area contributed by atoms with Gasteiger partial charge in [-0.15, -0.1) is 4.37 Å². The second kappa shape index (κ2) is 4.19. The summed E-state index contributed by atoms with van der Waals surface area (Å²) < 4.78 is 19.0. The van der Waals surface area contributed by atoms with Gasteiger partial charge in [-0.1, -0.05) is 30.3 Å². The van der Waals surface area contributed by atoms with Gasteiger partial charge < -0.3 is 9.47 Å². The average Bonchev–Trinajstić information content (AvgIpc) is 3.05. The van der Waals surface area contributed by atoms with Crippen LogP contribution in [0.1, 0.15) is 0 Å². The molecule has 1 aromatic heterocycles. The summed E-state index contributed by atoms with van der Waals surface area (Å²) in [5.41, 5.74) is 1.84. The summed E-state index contributed by atoms with van der Waals surface area (Å²) in [4.78, 5) is 0. The number of rotatable bonds is 4. The van der Waals surface area contributed by atoms with E-state index in [2.05, 4.69) is 8.75 Å². The highest BCUT2D eigenvalue weighted by Crippen LogP contribution is 2.28. The van der Waals surface area contributed by atoms with Gasteiger partial charge in [0.15, 0.2) is 0 Å². The van der Waals surface area contributed by atoms with Crippen molar-refractivity contribution in [1.82, 2.24) is 8.75 Å². The molecule has 0 saturated carbocycles. The predicted octanol–water partition coefficient (Wildman–Crippen LogP) is 1.98. The minimum absolute atomic E-state index is 0.241. The summed E-state index contributed by atoms with van der Waals surface area (Å²) in [6.45, 7) is 1.35. The van der Waals surface area contributed by atoms with Crippen LogP contribution in [0.4, 0.5) is 0 Å². The molecule has 1 atom stereocenters. The van der Waals surface area contributed by atoms with Crippen molar-refractivity contribution in [3.63, 3.8) is 0 Å². The van der Waals surface area contributed by atoms with Crippen molar-refractivity contribution in [1.29, 1.82) is 0 Å². The standard InChI is InChI=1S/C11H10N2O2S/c1-2-4-8(5-3-1)10-11(13-16-12-10)15-7-9-6-14-9/h1-5,9H,6-7H2. The van der Waals surface area contributed by atoms with Crippen LogP contribution in [0.3, 0.4) is 0 Å². The van der Waals surface area contributed by atoms with Crippen molar-refractivity contribution in [2.45, 2.75) is 6.10 Å². The van der Waals surface area contributed by atoms with Crippen molar-refractivity contribution in [2.75, 3.05) is 13.2 Å². The fraction of sp³-hybridized carbons (Fsp3) is 0.273. The van der Waals surface area contributed by atoms with Crippen molar-refractivity contribution in [2.24, 2.45) is 0 Å². The van der Waals surface area contributed by atoms with Crippen molar-refractivity contribution < 1.29 is 9.47 Å². The molecule has 82 valence electrons. The van der Waals surface area contributed by atoms with Crippen molar-refractivity contribution in [3.05, 3.63) is 30.3 Å². The highest BCUT2D eigenvalue weighted by Gasteiger charge is 2.24. The van der Waals surface area contributed by atoms with Gasteiger partial charge in [0.2, 0.25) is 0 Å². The van der Waals surface area contributed by atoms with E-state index in [1.807, 2.05) is 30.3 Å². The minimum Gasteiger partial charge on any atom is -0.473 e. The van der Waals surface area contributed by atoms with Crippen LogP contribution in [-0.4, -0.2) is 28.1 Å². The Balaban J connectivity index is 1.81. The highest BCUT2D eigenvalue weighted by atomic mass is 32.1. The van der Waals surface area contributed by atoms with Gasteiger partial charge >= 0.3 is 0 Å². The number of nitrogens with zero attached hydrogens (tertiary/aromatic N) is 2. The van der Waals surface area contributed by atoms with E-state index >= 15 is 0 Å². The maximum Gasteiger partial charge on any atom is 0.254 e. The summed E-state index contributed by atoms with van der Waals surface area (Å²) in [7, 11) is 0. The van der Waals surface area contributed by atoms with Gasteiger partial charge in [0, 0.05) is 5.56 Å². The average molecular weight is 234 g/mol. The Labute approximate surface area is 97.2 Å². The lowest BCUT2D eigenvalue weighted by Gasteiger charge is -2.02. The molecule has 0 amide bonds. The molecule has 0 bridgehead atoms. The zero-order chi connectivity index (χ0) is 10.8. The van der Waals surface area contributed by atoms with Gasteiger partial charge in [-0.05, 0) is 0 Å². The molecule has 1 aromatic carbocycles. The molecule has 2 heterocycles. The zero-order valence-corrected chi connectivity index (χ0v) is 9.31. The van der Waals surface area contributed by atoms with Crippen LogP contribution in [0.25, 0.3) is 11.3 Å². The first-order valence-corrected chi connectivity index (χ1v) is 5.79. The van der Waals surface area contributed by atoms with Gasteiger partial charge in [0.05, 0.1) is 18.3 Å². The molecule has 1 fully saturated rings. The summed E-state index contributed by atoms with van der Waals surface area (Å²) >= 11 is 1.17. The van der Waals surface area contributed by atoms with Gasteiger partial charge in [0.1, 0.15) is 18.4 Å². The third-order valence-corrected chi connectivity index (χ3v) is 2.83. The number of hydrogen-bond donors (Lipinski definition) is 0. The molecule has 3 rings (SSSR count). The lowest BCUT2D eigenvalue weighted by atomic mass is 10.2. The molecule has 2 aromatic rings. The number of hydrogen-bond acceptors (Lipinski definition) is 5. The first-order valence-electron chi connectivity index (χ1n) is 5.06. The van der Waals surface area contributed by atoms with E-state index in [1.54, 1.807) is 0 Å². The largest absolute Gasteiger partial charge is 0.473 e. The zero-order valence-electron chi connectivity index (χ0n) is 8.50. The van der Waals surface area contributed by atoms with Crippen LogP contribution in [0.2, 0.25) is 0 Å². The molecule has 16 heavy (non-hydrogen) atoms. The molecule has 1 aliphatic heterocycles. The van der Waals surface area contributed by atoms with Crippen LogP contribution < -0.4 is 4.74 Å². The van der Waals surface area contributed by atoms with Gasteiger partial charge in [-0.25, -0.2) is 0 Å². The maximum atomic E-state index is 5.57. The number of epoxide rings is 1. The molecule has 0 radical (unpaired) electrons. The van der Waals surface area contributed by atoms with Crippen molar-refractivity contribution in [3.8, 4) is 17.1 Å². The first-order chi connectivity index (χ1) is 7.93. The Morgan fingerprint density at radius 2 is 2.12 bits per heavy atom. The van der Waals surface area contributed by atoms with Gasteiger partial charge in [0.25, 0.3) is 5.88 Å². The van der Waals surface area contributed by atoms with E-state index in [9.17, 15) is 0 Å². The number of aromatic nitrogens is 2. The quantitative estimate of drug-likeness (QED) is 0.759. The summed E-state index contributed by atoms with van der Waals surface area (Å²) in [5.74, 6) is 0.603. The Hall–Kier alpha value is -1.46. The third-order valence-electron chi connectivity index (χ3n) is 2.31. The molecule has 5 heteroatoms. The van der Waals surface area contributed by atoms with E-state index in [4.69, 9.17) is 9.47 Å². The molecule has 0 aliphatic carbocycles. The number of ether oxygens (including phenoxy) is 2. The van der Waals surface area contributed by atoms with E-state index in [0.717, 1.165) is 17.9 Å². The van der Waals surface area contributed by atoms with Crippen LogP contribution in [0, 0.1) is 0 Å². The van der Waals surface area contributed by atoms with E-state index in [-0.39, 0.29) is 6.10 Å². The molecule has 0 N–H and O–H groups in total. The minimum atomic E-state index is 0.241. The van der Waals surface area contributed by atoms with E-state index in [1.165, 1.54) is 11.7 Å². The normalized spacial score (nSPS) is 18.4. The molecule has 1 aliphatic rings. The monoisotopic (exact) mass is 234 g/mol. The third kappa shape index (κ3) is 2.05. The summed E-state index contributed by atoms with van der Waals surface area (Å²) in [6, 6.07) is 9.92. The second-order valence-electron chi connectivity index (χ2n) is 3.55. The fourth-order valence-electron chi connectivity index (χ4n) is 1.38. The SMILES string of the molecule is c1ccc(-c2nsnc2OCC2CO2)cc1. The highest BCUT2D eigenvalue weighted by molar-refractivity contribution is 6.99. The van der Waals surface area contributed by atoms with Crippen LogP contribution in [0.15, 0.2) is 30.3 Å². The smallest absolute Gasteiger partial charge is 0.254 e. The molecule has 1 saturated heterocycles. The fourth-order valence-corrected chi connectivity index (χ4v) is 1.90. The molecular weight excluding hydrogens is 224 g/mol. The molecular formula is C11H10N2O2S. The predicted molar refractivity (Wildman–Crippen MR) is 60.6 cm³/mol. The Morgan fingerprint density at radius 3 is 2.88 bits per heavy atom. The topological polar surface area (TPSA) is 47.5 Å². The maximum absolute atomic E-state index is 5.57. The second-order valence-corrected chi connectivity index (χ2v) is 4.08. The first kappa shape index (κ1) is 9.74. The number of benzene rings is 1. The van der Waals surface area contributed by atoms with Gasteiger partial charge in [-0.3, -0.25) is 0 Å². The summed E-state index contributed by atoms with van der Waals surface area (Å²) in [5, 5.41) is 0. The van der Waals surface area contributed by atoms with E-state index in [0.29, 0.717) is 12.5 Å². The van der Waals surface area contributed by atoms with Crippen LogP contribution >= 0.6 is 11.7 Å². The Bertz CT molecular complexity index is 468. The van der Waals surface area contributed by atoms with E-state index < -0.39 is 0 Å². The lowest BCUT2D eigenvalue weighted by molar-refractivity contribution is 0.258. The Kier molecular flexibility index (Phi) is 2.55. The summed E-state index contributed by atoms with van der Waals surface area (Å²) in [6.07, 6.45) is 0.241. The molecule has 1 unspecified atom stereocenters. The molecule has 4 nitrogen and oxygen atoms in total. The van der Waals surface area contributed by atoms with Crippen LogP contribution in [-0.2, 0) is 4.74 Å². The van der Waals surface area contributed by atoms with Crippen molar-refractivity contribution >= 4 is 11.7 Å². The lowest BCUT2D eigenvalue weighted by Crippen LogP contribution is -2.04.